The molecule has 102 valence electrons. The molecule has 1 aliphatic rings. The normalized spacial score (nSPS) is 19.6. The van der Waals surface area contributed by atoms with Gasteiger partial charge >= 0.3 is 0 Å². The first-order valence-corrected chi connectivity index (χ1v) is 9.80. The van der Waals surface area contributed by atoms with Gasteiger partial charge < -0.3 is 0 Å². The van der Waals surface area contributed by atoms with E-state index in [2.05, 4.69) is 57.7 Å². The Morgan fingerprint density at radius 1 is 1.16 bits per heavy atom. The third-order valence-electron chi connectivity index (χ3n) is 4.32. The van der Waals surface area contributed by atoms with Crippen LogP contribution in [0.1, 0.15) is 44.7 Å². The monoisotopic (exact) mass is 270 g/mol. The van der Waals surface area contributed by atoms with E-state index in [1.165, 1.54) is 36.0 Å². The van der Waals surface area contributed by atoms with E-state index >= 15 is 0 Å². The Morgan fingerprint density at radius 3 is 2.37 bits per heavy atom. The van der Waals surface area contributed by atoms with E-state index in [9.17, 15) is 0 Å². The van der Waals surface area contributed by atoms with Gasteiger partial charge in [0.25, 0.3) is 0 Å². The lowest BCUT2D eigenvalue weighted by Gasteiger charge is -2.08. The Morgan fingerprint density at radius 2 is 1.84 bits per heavy atom. The number of aryl methyl sites for hydroxylation is 1. The van der Waals surface area contributed by atoms with Crippen LogP contribution in [0.3, 0.4) is 0 Å². The summed E-state index contributed by atoms with van der Waals surface area (Å²) in [5, 5.41) is 1.74. The average Bonchev–Trinajstić information content (AvgIpc) is 2.72. The maximum absolute atomic E-state index is 2.46. The minimum absolute atomic E-state index is 0.0327. The van der Waals surface area contributed by atoms with E-state index < -0.39 is 0 Å². The van der Waals surface area contributed by atoms with Gasteiger partial charge in [-0.2, -0.15) is 0 Å². The van der Waals surface area contributed by atoms with Crippen molar-refractivity contribution >= 4 is 15.1 Å². The molecule has 0 fully saturated rings. The molecule has 0 N–H and O–H groups in total. The number of unbranched alkanes of at least 4 members (excludes halogenated alkanes) is 1. The first kappa shape index (κ1) is 14.3. The number of allylic oxidation sites excluding steroid dienone is 4. The highest BCUT2D eigenvalue weighted by Crippen LogP contribution is 2.36. The molecule has 0 aromatic heterocycles. The Hall–Kier alpha value is -1.08. The molecule has 0 radical (unpaired) electrons. The lowest BCUT2D eigenvalue weighted by atomic mass is 9.99. The second-order valence-corrected chi connectivity index (χ2v) is 7.14. The molecule has 1 aliphatic carbocycles. The zero-order valence-corrected chi connectivity index (χ0v) is 14.2. The summed E-state index contributed by atoms with van der Waals surface area (Å²) in [5.41, 5.74) is 5.92. The van der Waals surface area contributed by atoms with Crippen molar-refractivity contribution in [3.63, 3.8) is 0 Å². The molecule has 0 heterocycles. The molecule has 0 spiro atoms. The van der Waals surface area contributed by atoms with Gasteiger partial charge in [0.05, 0.1) is 0 Å². The van der Waals surface area contributed by atoms with Gasteiger partial charge in [0.15, 0.2) is 0 Å². The highest BCUT2D eigenvalue weighted by Gasteiger charge is 2.19. The van der Waals surface area contributed by atoms with E-state index in [0.717, 1.165) is 0 Å². The quantitative estimate of drug-likeness (QED) is 0.688. The van der Waals surface area contributed by atoms with Crippen LogP contribution in [-0.4, -0.2) is 9.52 Å². The molecule has 19 heavy (non-hydrogen) atoms. The topological polar surface area (TPSA) is 0 Å². The van der Waals surface area contributed by atoms with Gasteiger partial charge in [-0.1, -0.05) is 62.4 Å². The second kappa shape index (κ2) is 6.38. The number of hydrogen-bond acceptors (Lipinski definition) is 0. The van der Waals surface area contributed by atoms with Crippen molar-refractivity contribution < 1.29 is 0 Å². The summed E-state index contributed by atoms with van der Waals surface area (Å²) in [6.45, 7) is 9.31. The highest BCUT2D eigenvalue weighted by atomic mass is 28.2. The molecule has 1 unspecified atom stereocenters. The zero-order valence-electron chi connectivity index (χ0n) is 12.8. The summed E-state index contributed by atoms with van der Waals surface area (Å²) < 4.78 is 0. The summed E-state index contributed by atoms with van der Waals surface area (Å²) in [4.78, 5) is 0. The van der Waals surface area contributed by atoms with Gasteiger partial charge in [-0.25, -0.2) is 0 Å². The molecule has 0 bridgehead atoms. The van der Waals surface area contributed by atoms with E-state index in [-0.39, 0.29) is 9.52 Å². The van der Waals surface area contributed by atoms with Gasteiger partial charge in [-0.3, -0.25) is 0 Å². The predicted octanol–water partition coefficient (Wildman–Crippen LogP) is 4.55. The maximum atomic E-state index is 2.46. The molecule has 1 aromatic carbocycles. The molecule has 2 rings (SSSR count). The Bertz CT molecular complexity index is 491. The van der Waals surface area contributed by atoms with Crippen molar-refractivity contribution in [2.75, 3.05) is 0 Å². The van der Waals surface area contributed by atoms with Crippen LogP contribution in [0.2, 0.25) is 6.55 Å². The molecule has 1 heteroatoms. The van der Waals surface area contributed by atoms with E-state index in [1.54, 1.807) is 10.8 Å². The molecular formula is C18H26Si. The highest BCUT2D eigenvalue weighted by molar-refractivity contribution is 6.45. The molecule has 1 atom stereocenters. The lowest BCUT2D eigenvalue weighted by molar-refractivity contribution is 0.795. The average molecular weight is 270 g/mol. The Balaban J connectivity index is 2.20. The molecule has 0 saturated heterocycles. The van der Waals surface area contributed by atoms with Crippen molar-refractivity contribution in [1.82, 2.24) is 0 Å². The van der Waals surface area contributed by atoms with Crippen LogP contribution in [0, 0.1) is 5.92 Å². The molecular weight excluding hydrogens is 244 g/mol. The first-order chi connectivity index (χ1) is 9.17. The van der Waals surface area contributed by atoms with Crippen LogP contribution in [0.5, 0.6) is 0 Å². The van der Waals surface area contributed by atoms with Crippen molar-refractivity contribution in [2.45, 2.75) is 46.6 Å². The minimum atomic E-state index is -0.0327. The standard InChI is InChI=1S/C18H26Si/c1-5-6-7-15-8-10-16(11-9-15)17-12-13(2)18(19-4)14(17)3/h8-13H,5-7,19H2,1-4H3. The van der Waals surface area contributed by atoms with Crippen molar-refractivity contribution in [3.8, 4) is 0 Å². The smallest absolute Gasteiger partial charge is 0.0476 e. The number of hydrogen-bond donors (Lipinski definition) is 0. The molecule has 0 nitrogen and oxygen atoms in total. The SMILES string of the molecule is CCCCc1ccc(C2=CC(C)C([SiH2]C)=C2C)cc1. The van der Waals surface area contributed by atoms with E-state index in [4.69, 9.17) is 0 Å². The summed E-state index contributed by atoms with van der Waals surface area (Å²) in [6, 6.07) is 9.25. The van der Waals surface area contributed by atoms with Crippen LogP contribution < -0.4 is 0 Å². The molecule has 0 amide bonds. The molecule has 0 saturated carbocycles. The van der Waals surface area contributed by atoms with Crippen LogP contribution in [-0.2, 0) is 6.42 Å². The maximum Gasteiger partial charge on any atom is 0.0476 e. The fourth-order valence-electron chi connectivity index (χ4n) is 3.12. The van der Waals surface area contributed by atoms with Crippen LogP contribution >= 0.6 is 0 Å². The fourth-order valence-corrected chi connectivity index (χ4v) is 4.60. The molecule has 1 aromatic rings. The van der Waals surface area contributed by atoms with Gasteiger partial charge in [0, 0.05) is 9.52 Å². The van der Waals surface area contributed by atoms with Crippen molar-refractivity contribution in [2.24, 2.45) is 5.92 Å². The Kier molecular flexibility index (Phi) is 4.81. The number of benzene rings is 1. The van der Waals surface area contributed by atoms with Gasteiger partial charge in [-0.05, 0) is 48.0 Å². The zero-order chi connectivity index (χ0) is 13.8. The predicted molar refractivity (Wildman–Crippen MR) is 89.3 cm³/mol. The Labute approximate surface area is 120 Å². The second-order valence-electron chi connectivity index (χ2n) is 5.67. The largest absolute Gasteiger partial charge is 0.0783 e. The van der Waals surface area contributed by atoms with E-state index in [0.29, 0.717) is 5.92 Å². The summed E-state index contributed by atoms with van der Waals surface area (Å²) in [5.74, 6) is 0.673. The van der Waals surface area contributed by atoms with Gasteiger partial charge in [-0.15, -0.1) is 0 Å². The number of rotatable bonds is 5. The molecule has 0 aliphatic heterocycles. The van der Waals surface area contributed by atoms with Gasteiger partial charge in [0.2, 0.25) is 0 Å². The third-order valence-corrected chi connectivity index (χ3v) is 6.25. The summed E-state index contributed by atoms with van der Waals surface area (Å²) >= 11 is 0. The summed E-state index contributed by atoms with van der Waals surface area (Å²) in [6.07, 6.45) is 6.25. The lowest BCUT2D eigenvalue weighted by Crippen LogP contribution is -1.99. The van der Waals surface area contributed by atoms with Crippen molar-refractivity contribution in [1.29, 1.82) is 0 Å². The van der Waals surface area contributed by atoms with E-state index in [1.807, 2.05) is 0 Å². The third kappa shape index (κ3) is 3.09. The minimum Gasteiger partial charge on any atom is -0.0783 e. The van der Waals surface area contributed by atoms with Gasteiger partial charge in [0.1, 0.15) is 0 Å². The van der Waals surface area contributed by atoms with Crippen LogP contribution in [0.25, 0.3) is 5.57 Å². The van der Waals surface area contributed by atoms with Crippen LogP contribution in [0.4, 0.5) is 0 Å². The fraction of sp³-hybridized carbons (Fsp3) is 0.444. The first-order valence-electron chi connectivity index (χ1n) is 7.68. The summed E-state index contributed by atoms with van der Waals surface area (Å²) in [7, 11) is -0.0327. The van der Waals surface area contributed by atoms with Crippen molar-refractivity contribution in [3.05, 3.63) is 52.2 Å². The van der Waals surface area contributed by atoms with Crippen LogP contribution in [0.15, 0.2) is 41.1 Å².